The van der Waals surface area contributed by atoms with Gasteiger partial charge in [0.05, 0.1) is 24.5 Å². The first-order chi connectivity index (χ1) is 17.6. The highest BCUT2D eigenvalue weighted by molar-refractivity contribution is 5.87. The van der Waals surface area contributed by atoms with Gasteiger partial charge >= 0.3 is 0 Å². The monoisotopic (exact) mass is 489 g/mol. The van der Waals surface area contributed by atoms with Crippen molar-refractivity contribution >= 4 is 23.1 Å². The molecule has 0 unspecified atom stereocenters. The van der Waals surface area contributed by atoms with Crippen LogP contribution < -0.4 is 15.0 Å². The Morgan fingerprint density at radius 2 is 1.94 bits per heavy atom. The van der Waals surface area contributed by atoms with Gasteiger partial charge in [-0.15, -0.1) is 0 Å². The quantitative estimate of drug-likeness (QED) is 0.660. The second-order valence-corrected chi connectivity index (χ2v) is 10.3. The number of aryl methyl sites for hydroxylation is 1. The summed E-state index contributed by atoms with van der Waals surface area (Å²) in [4.78, 5) is 23.2. The molecule has 0 spiro atoms. The zero-order valence-electron chi connectivity index (χ0n) is 21.0. The standard InChI is InChI=1S/C28H35N5O3/c1-3-26(34)33-16-22(17-33)31-8-5-20(6-9-31)21-14-19(2)27-24(15-21)30-28-23(18-36-27)25(4-7-29-28)32-10-12-35-13-11-32/h3-4,7,14-15,20,22H,1,5-6,8-13,16-18H2,2H3,(H,29,30). The Bertz CT molecular complexity index is 1150. The summed E-state index contributed by atoms with van der Waals surface area (Å²) in [6, 6.07) is 7.16. The van der Waals surface area contributed by atoms with E-state index in [2.05, 4.69) is 51.8 Å². The molecule has 0 radical (unpaired) electrons. The molecule has 1 aromatic heterocycles. The van der Waals surface area contributed by atoms with Gasteiger partial charge < -0.3 is 24.6 Å². The molecule has 8 heteroatoms. The fourth-order valence-corrected chi connectivity index (χ4v) is 6.02. The van der Waals surface area contributed by atoms with E-state index in [1.807, 2.05) is 11.1 Å². The van der Waals surface area contributed by atoms with Crippen LogP contribution in [0, 0.1) is 6.92 Å². The van der Waals surface area contributed by atoms with Gasteiger partial charge in [0.2, 0.25) is 5.91 Å². The molecule has 3 saturated heterocycles. The molecule has 3 fully saturated rings. The van der Waals surface area contributed by atoms with Gasteiger partial charge in [0.15, 0.2) is 0 Å². The van der Waals surface area contributed by atoms with E-state index in [-0.39, 0.29) is 5.91 Å². The van der Waals surface area contributed by atoms with Crippen molar-refractivity contribution in [3.63, 3.8) is 0 Å². The number of carbonyl (C=O) groups is 1. The molecule has 36 heavy (non-hydrogen) atoms. The Labute approximate surface area is 212 Å². The van der Waals surface area contributed by atoms with E-state index in [1.54, 1.807) is 0 Å². The zero-order valence-corrected chi connectivity index (χ0v) is 21.0. The predicted molar refractivity (Wildman–Crippen MR) is 140 cm³/mol. The molecule has 4 aliphatic rings. The number of likely N-dealkylation sites (tertiary alicyclic amines) is 2. The average Bonchev–Trinajstić information content (AvgIpc) is 3.08. The minimum absolute atomic E-state index is 0.0458. The number of nitrogens with zero attached hydrogens (tertiary/aromatic N) is 4. The van der Waals surface area contributed by atoms with Crippen molar-refractivity contribution in [1.82, 2.24) is 14.8 Å². The van der Waals surface area contributed by atoms with Gasteiger partial charge in [-0.1, -0.05) is 12.6 Å². The normalized spacial score (nSPS) is 20.9. The molecule has 0 saturated carbocycles. The van der Waals surface area contributed by atoms with Crippen molar-refractivity contribution in [3.05, 3.63) is 53.7 Å². The highest BCUT2D eigenvalue weighted by Crippen LogP contribution is 2.42. The van der Waals surface area contributed by atoms with Gasteiger partial charge in [0.25, 0.3) is 0 Å². The van der Waals surface area contributed by atoms with E-state index in [1.165, 1.54) is 17.3 Å². The maximum Gasteiger partial charge on any atom is 0.246 e. The third-order valence-corrected chi connectivity index (χ3v) is 8.16. The van der Waals surface area contributed by atoms with Crippen molar-refractivity contribution in [2.24, 2.45) is 0 Å². The molecule has 0 bridgehead atoms. The van der Waals surface area contributed by atoms with E-state index in [4.69, 9.17) is 9.47 Å². The number of carbonyl (C=O) groups excluding carboxylic acids is 1. The zero-order chi connectivity index (χ0) is 24.6. The number of benzene rings is 1. The Hall–Kier alpha value is -3.10. The van der Waals surface area contributed by atoms with E-state index >= 15 is 0 Å². The Balaban J connectivity index is 1.16. The van der Waals surface area contributed by atoms with E-state index in [0.29, 0.717) is 18.6 Å². The minimum Gasteiger partial charge on any atom is -0.486 e. The van der Waals surface area contributed by atoms with Crippen LogP contribution in [0.25, 0.3) is 0 Å². The number of aromatic nitrogens is 1. The van der Waals surface area contributed by atoms with Gasteiger partial charge in [-0.05, 0) is 68.1 Å². The Morgan fingerprint density at radius 1 is 1.17 bits per heavy atom. The molecule has 190 valence electrons. The van der Waals surface area contributed by atoms with Gasteiger partial charge in [-0.25, -0.2) is 4.98 Å². The lowest BCUT2D eigenvalue weighted by molar-refractivity contribution is -0.133. The maximum atomic E-state index is 11.8. The van der Waals surface area contributed by atoms with Crippen LogP contribution in [0.4, 0.5) is 17.2 Å². The molecule has 8 nitrogen and oxygen atoms in total. The summed E-state index contributed by atoms with van der Waals surface area (Å²) in [7, 11) is 0. The minimum atomic E-state index is 0.0458. The number of hydrogen-bond acceptors (Lipinski definition) is 7. The van der Waals surface area contributed by atoms with Crippen LogP contribution in [0.3, 0.4) is 0 Å². The molecule has 1 N–H and O–H groups in total. The van der Waals surface area contributed by atoms with Gasteiger partial charge in [0.1, 0.15) is 18.2 Å². The number of hydrogen-bond donors (Lipinski definition) is 1. The highest BCUT2D eigenvalue weighted by atomic mass is 16.5. The van der Waals surface area contributed by atoms with E-state index in [9.17, 15) is 4.79 Å². The summed E-state index contributed by atoms with van der Waals surface area (Å²) >= 11 is 0. The number of pyridine rings is 1. The average molecular weight is 490 g/mol. The SMILES string of the molecule is C=CC(=O)N1CC(N2CCC(c3cc(C)c4c(c3)Nc3nccc(N5CCOCC5)c3CO4)CC2)C1. The largest absolute Gasteiger partial charge is 0.486 e. The molecular formula is C28H35N5O3. The van der Waals surface area contributed by atoms with Crippen LogP contribution in [0.5, 0.6) is 5.75 Å². The molecule has 2 aromatic rings. The van der Waals surface area contributed by atoms with E-state index in [0.717, 1.165) is 93.7 Å². The third kappa shape index (κ3) is 4.33. The lowest BCUT2D eigenvalue weighted by Crippen LogP contribution is -2.61. The number of morpholine rings is 1. The van der Waals surface area contributed by atoms with Gasteiger partial charge in [0, 0.05) is 44.1 Å². The number of amides is 1. The van der Waals surface area contributed by atoms with Crippen LogP contribution in [0.2, 0.25) is 0 Å². The van der Waals surface area contributed by atoms with Crippen LogP contribution in [-0.2, 0) is 16.1 Å². The number of ether oxygens (including phenoxy) is 2. The lowest BCUT2D eigenvalue weighted by atomic mass is 9.87. The summed E-state index contributed by atoms with van der Waals surface area (Å²) in [5.41, 5.74) is 5.82. The van der Waals surface area contributed by atoms with Crippen LogP contribution in [-0.4, -0.2) is 79.2 Å². The number of anilines is 3. The van der Waals surface area contributed by atoms with Crippen LogP contribution in [0.1, 0.15) is 35.4 Å². The first-order valence-electron chi connectivity index (χ1n) is 13.1. The smallest absolute Gasteiger partial charge is 0.246 e. The van der Waals surface area contributed by atoms with Crippen molar-refractivity contribution in [3.8, 4) is 5.75 Å². The molecule has 5 heterocycles. The Kier molecular flexibility index (Phi) is 6.31. The molecule has 4 aliphatic heterocycles. The van der Waals surface area contributed by atoms with Gasteiger partial charge in [-0.2, -0.15) is 0 Å². The number of fused-ring (bicyclic) bond motifs is 2. The molecule has 6 rings (SSSR count). The fourth-order valence-electron chi connectivity index (χ4n) is 6.02. The predicted octanol–water partition coefficient (Wildman–Crippen LogP) is 3.44. The fraction of sp³-hybridized carbons (Fsp3) is 0.500. The molecule has 1 aromatic carbocycles. The number of piperidine rings is 1. The summed E-state index contributed by atoms with van der Waals surface area (Å²) in [6.07, 6.45) is 5.55. The maximum absolute atomic E-state index is 11.8. The second kappa shape index (κ2) is 9.75. The van der Waals surface area contributed by atoms with Crippen LogP contribution in [0.15, 0.2) is 37.1 Å². The summed E-state index contributed by atoms with van der Waals surface area (Å²) in [5.74, 6) is 2.37. The number of rotatable bonds is 4. The second-order valence-electron chi connectivity index (χ2n) is 10.3. The molecule has 0 aliphatic carbocycles. The number of nitrogens with one attached hydrogen (secondary N) is 1. The Morgan fingerprint density at radius 3 is 2.69 bits per heavy atom. The van der Waals surface area contributed by atoms with E-state index < -0.39 is 0 Å². The van der Waals surface area contributed by atoms with Crippen molar-refractivity contribution in [2.45, 2.75) is 38.3 Å². The third-order valence-electron chi connectivity index (χ3n) is 8.16. The van der Waals surface area contributed by atoms with Crippen molar-refractivity contribution in [2.75, 3.05) is 62.7 Å². The highest BCUT2D eigenvalue weighted by Gasteiger charge is 2.36. The molecular weight excluding hydrogens is 454 g/mol. The molecule has 1 amide bonds. The lowest BCUT2D eigenvalue weighted by Gasteiger charge is -2.47. The first kappa shape index (κ1) is 23.3. The summed E-state index contributed by atoms with van der Waals surface area (Å²) in [5, 5.41) is 3.62. The summed E-state index contributed by atoms with van der Waals surface area (Å²) in [6.45, 7) is 13.3. The molecule has 0 atom stereocenters. The summed E-state index contributed by atoms with van der Waals surface area (Å²) < 4.78 is 11.9. The first-order valence-corrected chi connectivity index (χ1v) is 13.1. The van der Waals surface area contributed by atoms with Crippen molar-refractivity contribution < 1.29 is 14.3 Å². The van der Waals surface area contributed by atoms with Crippen molar-refractivity contribution in [1.29, 1.82) is 0 Å². The topological polar surface area (TPSA) is 70.2 Å². The van der Waals surface area contributed by atoms with Crippen LogP contribution >= 0.6 is 0 Å². The van der Waals surface area contributed by atoms with Gasteiger partial charge in [-0.3, -0.25) is 9.69 Å².